The van der Waals surface area contributed by atoms with Crippen LogP contribution in [0.4, 0.5) is 5.69 Å². The van der Waals surface area contributed by atoms with Crippen LogP contribution in [-0.4, -0.2) is 12.4 Å². The Morgan fingerprint density at radius 2 is 1.70 bits per heavy atom. The Bertz CT molecular complexity index is 616. The first kappa shape index (κ1) is 12.7. The van der Waals surface area contributed by atoms with E-state index in [0.29, 0.717) is 0 Å². The summed E-state index contributed by atoms with van der Waals surface area (Å²) < 4.78 is 0. The molecule has 0 aromatic heterocycles. The Kier molecular flexibility index (Phi) is 3.42. The maximum atomic E-state index is 7.45. The molecule has 0 spiro atoms. The van der Waals surface area contributed by atoms with Gasteiger partial charge >= 0.3 is 0 Å². The number of anilines is 1. The summed E-state index contributed by atoms with van der Waals surface area (Å²) in [5.41, 5.74) is 10.4. The van der Waals surface area contributed by atoms with Gasteiger partial charge in [-0.15, -0.1) is 0 Å². The van der Waals surface area contributed by atoms with Gasteiger partial charge in [-0.2, -0.15) is 0 Å². The monoisotopic (exact) mass is 265 g/mol. The molecular weight excluding hydrogens is 246 g/mol. The third-order valence-electron chi connectivity index (χ3n) is 3.90. The van der Waals surface area contributed by atoms with Crippen molar-refractivity contribution in [2.24, 2.45) is 5.73 Å². The summed E-state index contributed by atoms with van der Waals surface area (Å²) in [7, 11) is 0. The lowest BCUT2D eigenvalue weighted by molar-refractivity contribution is 0.766. The van der Waals surface area contributed by atoms with E-state index in [1.54, 1.807) is 0 Å². The fourth-order valence-corrected chi connectivity index (χ4v) is 2.77. The third kappa shape index (κ3) is 2.52. The van der Waals surface area contributed by atoms with Crippen LogP contribution in [0, 0.1) is 5.41 Å². The van der Waals surface area contributed by atoms with Crippen LogP contribution in [0.1, 0.15) is 23.1 Å². The predicted octanol–water partition coefficient (Wildman–Crippen LogP) is 2.92. The first-order valence-electron chi connectivity index (χ1n) is 7.00. The summed E-state index contributed by atoms with van der Waals surface area (Å²) in [5.74, 6) is 0.123. The summed E-state index contributed by atoms with van der Waals surface area (Å²) in [6.07, 6.45) is 2.32. The number of aryl methyl sites for hydroxylation is 1. The molecule has 0 amide bonds. The van der Waals surface area contributed by atoms with Gasteiger partial charge in [0, 0.05) is 24.3 Å². The molecule has 3 N–H and O–H groups in total. The molecule has 0 aliphatic carbocycles. The van der Waals surface area contributed by atoms with Crippen LogP contribution in [0.5, 0.6) is 0 Å². The van der Waals surface area contributed by atoms with Crippen molar-refractivity contribution in [2.45, 2.75) is 19.4 Å². The smallest absolute Gasteiger partial charge is 0.122 e. The lowest BCUT2D eigenvalue weighted by atomic mass is 10.0. The van der Waals surface area contributed by atoms with Gasteiger partial charge in [-0.05, 0) is 48.2 Å². The van der Waals surface area contributed by atoms with Crippen molar-refractivity contribution in [2.75, 3.05) is 11.4 Å². The van der Waals surface area contributed by atoms with Crippen molar-refractivity contribution in [1.29, 1.82) is 5.41 Å². The van der Waals surface area contributed by atoms with Gasteiger partial charge in [-0.25, -0.2) is 0 Å². The molecule has 3 rings (SSSR count). The van der Waals surface area contributed by atoms with E-state index in [1.165, 1.54) is 23.2 Å². The van der Waals surface area contributed by atoms with Gasteiger partial charge in [0.2, 0.25) is 0 Å². The number of hydrogen-bond donors (Lipinski definition) is 2. The molecule has 0 fully saturated rings. The van der Waals surface area contributed by atoms with E-state index >= 15 is 0 Å². The number of fused-ring (bicyclic) bond motifs is 1. The second kappa shape index (κ2) is 5.37. The molecule has 1 aliphatic rings. The molecule has 0 atom stereocenters. The van der Waals surface area contributed by atoms with E-state index in [0.717, 1.165) is 25.1 Å². The molecule has 0 saturated carbocycles. The van der Waals surface area contributed by atoms with E-state index in [-0.39, 0.29) is 5.84 Å². The maximum Gasteiger partial charge on any atom is 0.122 e. The normalized spacial score (nSPS) is 14.5. The van der Waals surface area contributed by atoms with Gasteiger partial charge in [0.05, 0.1) is 0 Å². The SMILES string of the molecule is N=C(N)c1ccc(N2CCCc3ccccc3C2)cc1. The molecule has 0 bridgehead atoms. The van der Waals surface area contributed by atoms with Crippen molar-refractivity contribution >= 4 is 11.5 Å². The van der Waals surface area contributed by atoms with E-state index < -0.39 is 0 Å². The zero-order valence-corrected chi connectivity index (χ0v) is 11.5. The highest BCUT2D eigenvalue weighted by atomic mass is 15.1. The van der Waals surface area contributed by atoms with E-state index in [2.05, 4.69) is 41.3 Å². The molecule has 3 nitrogen and oxygen atoms in total. The van der Waals surface area contributed by atoms with Crippen molar-refractivity contribution in [3.63, 3.8) is 0 Å². The standard InChI is InChI=1S/C17H19N3/c18-17(19)14-7-9-16(10-8-14)20-11-3-6-13-4-1-2-5-15(13)12-20/h1-2,4-5,7-10H,3,6,11-12H2,(H3,18,19). The molecule has 0 unspecified atom stereocenters. The van der Waals surface area contributed by atoms with E-state index in [4.69, 9.17) is 11.1 Å². The number of hydrogen-bond acceptors (Lipinski definition) is 2. The summed E-state index contributed by atoms with van der Waals surface area (Å²) in [5, 5.41) is 7.45. The second-order valence-electron chi connectivity index (χ2n) is 5.25. The molecule has 102 valence electrons. The van der Waals surface area contributed by atoms with Gasteiger partial charge in [-0.1, -0.05) is 24.3 Å². The van der Waals surface area contributed by atoms with Crippen LogP contribution in [0.15, 0.2) is 48.5 Å². The highest BCUT2D eigenvalue weighted by Gasteiger charge is 2.14. The Balaban J connectivity index is 1.85. The van der Waals surface area contributed by atoms with Crippen LogP contribution < -0.4 is 10.6 Å². The number of nitrogens with zero attached hydrogens (tertiary/aromatic N) is 1. The van der Waals surface area contributed by atoms with Crippen molar-refractivity contribution < 1.29 is 0 Å². The van der Waals surface area contributed by atoms with Gasteiger partial charge in [-0.3, -0.25) is 5.41 Å². The lowest BCUT2D eigenvalue weighted by Crippen LogP contribution is -2.22. The molecule has 2 aromatic carbocycles. The van der Waals surface area contributed by atoms with Crippen molar-refractivity contribution in [3.05, 3.63) is 65.2 Å². The van der Waals surface area contributed by atoms with Crippen LogP contribution in [0.2, 0.25) is 0 Å². The molecule has 0 saturated heterocycles. The summed E-state index contributed by atoms with van der Waals surface area (Å²) in [6, 6.07) is 16.7. The van der Waals surface area contributed by atoms with Crippen molar-refractivity contribution in [1.82, 2.24) is 0 Å². The van der Waals surface area contributed by atoms with Crippen LogP contribution in [0.3, 0.4) is 0 Å². The fourth-order valence-electron chi connectivity index (χ4n) is 2.77. The Morgan fingerprint density at radius 3 is 2.40 bits per heavy atom. The van der Waals surface area contributed by atoms with Crippen molar-refractivity contribution in [3.8, 4) is 0 Å². The first-order valence-corrected chi connectivity index (χ1v) is 7.00. The minimum absolute atomic E-state index is 0.123. The molecule has 20 heavy (non-hydrogen) atoms. The van der Waals surface area contributed by atoms with Crippen LogP contribution in [-0.2, 0) is 13.0 Å². The number of nitrogens with two attached hydrogens (primary N) is 1. The Morgan fingerprint density at radius 1 is 1.00 bits per heavy atom. The Labute approximate surface area is 119 Å². The van der Waals surface area contributed by atoms with E-state index in [1.807, 2.05) is 12.1 Å². The minimum Gasteiger partial charge on any atom is -0.384 e. The van der Waals surface area contributed by atoms with Gasteiger partial charge in [0.15, 0.2) is 0 Å². The average molecular weight is 265 g/mol. The molecule has 3 heteroatoms. The third-order valence-corrected chi connectivity index (χ3v) is 3.90. The van der Waals surface area contributed by atoms with Gasteiger partial charge < -0.3 is 10.6 Å². The Hall–Kier alpha value is -2.29. The van der Waals surface area contributed by atoms with Crippen LogP contribution >= 0.6 is 0 Å². The molecule has 0 radical (unpaired) electrons. The number of benzene rings is 2. The number of nitrogens with one attached hydrogen (secondary N) is 1. The fraction of sp³-hybridized carbons (Fsp3) is 0.235. The highest BCUT2D eigenvalue weighted by molar-refractivity contribution is 5.95. The number of amidine groups is 1. The predicted molar refractivity (Wildman–Crippen MR) is 83.3 cm³/mol. The average Bonchev–Trinajstić information content (AvgIpc) is 2.69. The molecular formula is C17H19N3. The first-order chi connectivity index (χ1) is 9.74. The van der Waals surface area contributed by atoms with Crippen LogP contribution in [0.25, 0.3) is 0 Å². The number of nitrogen functional groups attached to an aromatic ring is 1. The zero-order chi connectivity index (χ0) is 13.9. The van der Waals surface area contributed by atoms with Gasteiger partial charge in [0.1, 0.15) is 5.84 Å². The second-order valence-corrected chi connectivity index (χ2v) is 5.25. The quantitative estimate of drug-likeness (QED) is 0.648. The minimum atomic E-state index is 0.123. The van der Waals surface area contributed by atoms with Gasteiger partial charge in [0.25, 0.3) is 0 Å². The lowest BCUT2D eigenvalue weighted by Gasteiger charge is -2.23. The molecule has 2 aromatic rings. The summed E-state index contributed by atoms with van der Waals surface area (Å²) in [6.45, 7) is 2.02. The molecule has 1 heterocycles. The zero-order valence-electron chi connectivity index (χ0n) is 11.5. The largest absolute Gasteiger partial charge is 0.384 e. The highest BCUT2D eigenvalue weighted by Crippen LogP contribution is 2.24. The molecule has 1 aliphatic heterocycles. The van der Waals surface area contributed by atoms with E-state index in [9.17, 15) is 0 Å². The number of rotatable bonds is 2. The summed E-state index contributed by atoms with van der Waals surface area (Å²) in [4.78, 5) is 2.40. The maximum absolute atomic E-state index is 7.45. The summed E-state index contributed by atoms with van der Waals surface area (Å²) >= 11 is 0. The topological polar surface area (TPSA) is 53.1 Å².